The van der Waals surface area contributed by atoms with Crippen molar-refractivity contribution in [1.29, 1.82) is 0 Å². The number of likely N-dealkylation sites (tertiary alicyclic amines) is 1. The average molecular weight is 270 g/mol. The van der Waals surface area contributed by atoms with Crippen LogP contribution < -0.4 is 11.1 Å². The molecule has 0 bridgehead atoms. The molecule has 6 nitrogen and oxygen atoms in total. The number of hydrogen-bond donors (Lipinski definition) is 2. The first-order chi connectivity index (χ1) is 9.04. The van der Waals surface area contributed by atoms with E-state index in [1.807, 2.05) is 14.1 Å². The Labute approximate surface area is 115 Å². The predicted octanol–water partition coefficient (Wildman–Crippen LogP) is -0.748. The summed E-state index contributed by atoms with van der Waals surface area (Å²) in [5.41, 5.74) is 5.37. The van der Waals surface area contributed by atoms with Crippen molar-refractivity contribution in [2.45, 2.75) is 19.3 Å². The van der Waals surface area contributed by atoms with Crippen LogP contribution >= 0.6 is 0 Å². The fourth-order valence-corrected chi connectivity index (χ4v) is 2.20. The normalized spacial score (nSPS) is 19.3. The Morgan fingerprint density at radius 2 is 2.21 bits per heavy atom. The van der Waals surface area contributed by atoms with Crippen molar-refractivity contribution in [3.8, 4) is 0 Å². The third-order valence-corrected chi connectivity index (χ3v) is 3.30. The standard InChI is InChI=1S/C13H26N4O2/c1-16(2)7-4-8-17-10-11(9-12(17)18)13(19)15-6-3-5-14/h11H,3-10,14H2,1-2H3,(H,15,19). The molecule has 0 spiro atoms. The number of carbonyl (C=O) groups is 2. The van der Waals surface area contributed by atoms with Gasteiger partial charge in [0.2, 0.25) is 11.8 Å². The molecule has 1 unspecified atom stereocenters. The van der Waals surface area contributed by atoms with Gasteiger partial charge in [-0.1, -0.05) is 0 Å². The summed E-state index contributed by atoms with van der Waals surface area (Å²) >= 11 is 0. The molecule has 0 aromatic heterocycles. The summed E-state index contributed by atoms with van der Waals surface area (Å²) in [5, 5.41) is 2.83. The van der Waals surface area contributed by atoms with E-state index in [-0.39, 0.29) is 17.7 Å². The third kappa shape index (κ3) is 5.57. The van der Waals surface area contributed by atoms with Crippen molar-refractivity contribution in [3.63, 3.8) is 0 Å². The van der Waals surface area contributed by atoms with Gasteiger partial charge in [0.25, 0.3) is 0 Å². The van der Waals surface area contributed by atoms with Crippen LogP contribution in [0.25, 0.3) is 0 Å². The number of rotatable bonds is 8. The predicted molar refractivity (Wildman–Crippen MR) is 74.5 cm³/mol. The molecule has 1 fully saturated rings. The minimum atomic E-state index is -0.190. The molecule has 0 aromatic rings. The number of carbonyl (C=O) groups excluding carboxylic acids is 2. The molecule has 110 valence electrons. The topological polar surface area (TPSA) is 78.7 Å². The molecule has 1 heterocycles. The second-order valence-electron chi connectivity index (χ2n) is 5.33. The monoisotopic (exact) mass is 270 g/mol. The molecule has 1 aliphatic rings. The first kappa shape index (κ1) is 15.9. The second-order valence-corrected chi connectivity index (χ2v) is 5.33. The Morgan fingerprint density at radius 1 is 1.47 bits per heavy atom. The minimum Gasteiger partial charge on any atom is -0.356 e. The first-order valence-electron chi connectivity index (χ1n) is 6.95. The van der Waals surface area contributed by atoms with Gasteiger partial charge in [-0.3, -0.25) is 9.59 Å². The van der Waals surface area contributed by atoms with Gasteiger partial charge in [-0.15, -0.1) is 0 Å². The Morgan fingerprint density at radius 3 is 2.84 bits per heavy atom. The van der Waals surface area contributed by atoms with E-state index in [1.165, 1.54) is 0 Å². The summed E-state index contributed by atoms with van der Waals surface area (Å²) in [6.07, 6.45) is 2.07. The molecule has 0 aromatic carbocycles. The molecule has 1 rings (SSSR count). The van der Waals surface area contributed by atoms with Crippen LogP contribution in [0, 0.1) is 5.92 Å². The van der Waals surface area contributed by atoms with E-state index < -0.39 is 0 Å². The van der Waals surface area contributed by atoms with Crippen molar-refractivity contribution in [1.82, 2.24) is 15.1 Å². The SMILES string of the molecule is CN(C)CCCN1CC(C(=O)NCCCN)CC1=O. The van der Waals surface area contributed by atoms with Gasteiger partial charge in [-0.2, -0.15) is 0 Å². The second kappa shape index (κ2) is 8.12. The maximum Gasteiger partial charge on any atom is 0.225 e. The fraction of sp³-hybridized carbons (Fsp3) is 0.846. The summed E-state index contributed by atoms with van der Waals surface area (Å²) < 4.78 is 0. The van der Waals surface area contributed by atoms with Crippen molar-refractivity contribution < 1.29 is 9.59 Å². The number of nitrogens with one attached hydrogen (secondary N) is 1. The largest absolute Gasteiger partial charge is 0.356 e. The maximum absolute atomic E-state index is 11.9. The third-order valence-electron chi connectivity index (χ3n) is 3.30. The number of nitrogens with zero attached hydrogens (tertiary/aromatic N) is 2. The van der Waals surface area contributed by atoms with Crippen molar-refractivity contribution in [2.75, 3.05) is 46.8 Å². The summed E-state index contributed by atoms with van der Waals surface area (Å²) in [6, 6.07) is 0. The van der Waals surface area contributed by atoms with Gasteiger partial charge in [0.05, 0.1) is 5.92 Å². The van der Waals surface area contributed by atoms with E-state index in [0.29, 0.717) is 26.1 Å². The Hall–Kier alpha value is -1.14. The van der Waals surface area contributed by atoms with Crippen LogP contribution in [-0.2, 0) is 9.59 Å². The molecule has 19 heavy (non-hydrogen) atoms. The molecular weight excluding hydrogens is 244 g/mol. The highest BCUT2D eigenvalue weighted by molar-refractivity contribution is 5.89. The zero-order valence-corrected chi connectivity index (χ0v) is 12.0. The molecule has 0 radical (unpaired) electrons. The Bertz CT molecular complexity index is 307. The van der Waals surface area contributed by atoms with E-state index in [9.17, 15) is 9.59 Å². The van der Waals surface area contributed by atoms with Crippen LogP contribution in [-0.4, -0.2) is 68.4 Å². The quantitative estimate of drug-likeness (QED) is 0.569. The molecule has 2 amide bonds. The smallest absolute Gasteiger partial charge is 0.225 e. The Balaban J connectivity index is 2.29. The van der Waals surface area contributed by atoms with Gasteiger partial charge in [0, 0.05) is 26.1 Å². The van der Waals surface area contributed by atoms with Gasteiger partial charge in [0.1, 0.15) is 0 Å². The molecule has 1 saturated heterocycles. The number of hydrogen-bond acceptors (Lipinski definition) is 4. The Kier molecular flexibility index (Phi) is 6.80. The highest BCUT2D eigenvalue weighted by atomic mass is 16.2. The molecule has 1 atom stereocenters. The fourth-order valence-electron chi connectivity index (χ4n) is 2.20. The van der Waals surface area contributed by atoms with Crippen LogP contribution in [0.4, 0.5) is 0 Å². The lowest BCUT2D eigenvalue weighted by Gasteiger charge is -2.18. The summed E-state index contributed by atoms with van der Waals surface area (Å²) in [6.45, 7) is 3.42. The highest BCUT2D eigenvalue weighted by Gasteiger charge is 2.33. The number of amides is 2. The summed E-state index contributed by atoms with van der Waals surface area (Å²) in [5.74, 6) is -0.112. The maximum atomic E-state index is 11.9. The summed E-state index contributed by atoms with van der Waals surface area (Å²) in [7, 11) is 4.03. The molecule has 6 heteroatoms. The van der Waals surface area contributed by atoms with Crippen molar-refractivity contribution in [3.05, 3.63) is 0 Å². The van der Waals surface area contributed by atoms with E-state index in [4.69, 9.17) is 5.73 Å². The molecule has 1 aliphatic heterocycles. The lowest BCUT2D eigenvalue weighted by Crippen LogP contribution is -2.34. The van der Waals surface area contributed by atoms with Crippen LogP contribution in [0.5, 0.6) is 0 Å². The number of nitrogens with two attached hydrogens (primary N) is 1. The van der Waals surface area contributed by atoms with E-state index >= 15 is 0 Å². The van der Waals surface area contributed by atoms with Crippen molar-refractivity contribution in [2.24, 2.45) is 11.7 Å². The van der Waals surface area contributed by atoms with Gasteiger partial charge in [-0.05, 0) is 40.0 Å². The molecule has 3 N–H and O–H groups in total. The van der Waals surface area contributed by atoms with Crippen LogP contribution in [0.1, 0.15) is 19.3 Å². The van der Waals surface area contributed by atoms with E-state index in [0.717, 1.165) is 25.9 Å². The first-order valence-corrected chi connectivity index (χ1v) is 6.95. The zero-order chi connectivity index (χ0) is 14.3. The van der Waals surface area contributed by atoms with E-state index in [1.54, 1.807) is 4.90 Å². The van der Waals surface area contributed by atoms with Gasteiger partial charge in [-0.25, -0.2) is 0 Å². The average Bonchev–Trinajstić information content (AvgIpc) is 2.71. The highest BCUT2D eigenvalue weighted by Crippen LogP contribution is 2.18. The van der Waals surface area contributed by atoms with E-state index in [2.05, 4.69) is 10.2 Å². The van der Waals surface area contributed by atoms with Gasteiger partial charge < -0.3 is 20.9 Å². The van der Waals surface area contributed by atoms with Crippen LogP contribution in [0.2, 0.25) is 0 Å². The van der Waals surface area contributed by atoms with Gasteiger partial charge >= 0.3 is 0 Å². The molecular formula is C13H26N4O2. The molecule has 0 saturated carbocycles. The minimum absolute atomic E-state index is 0.0168. The van der Waals surface area contributed by atoms with Crippen LogP contribution in [0.15, 0.2) is 0 Å². The molecule has 0 aliphatic carbocycles. The summed E-state index contributed by atoms with van der Waals surface area (Å²) in [4.78, 5) is 27.6. The zero-order valence-electron chi connectivity index (χ0n) is 12.0. The van der Waals surface area contributed by atoms with Gasteiger partial charge in [0.15, 0.2) is 0 Å². The van der Waals surface area contributed by atoms with Crippen LogP contribution in [0.3, 0.4) is 0 Å². The lowest BCUT2D eigenvalue weighted by atomic mass is 10.1. The lowest BCUT2D eigenvalue weighted by molar-refractivity contribution is -0.129. The van der Waals surface area contributed by atoms with Crippen molar-refractivity contribution >= 4 is 11.8 Å².